The Morgan fingerprint density at radius 1 is 1.26 bits per heavy atom. The highest BCUT2D eigenvalue weighted by molar-refractivity contribution is 5.77. The fourth-order valence-electron chi connectivity index (χ4n) is 1.89. The van der Waals surface area contributed by atoms with Crippen LogP contribution in [0.3, 0.4) is 0 Å². The minimum Gasteiger partial charge on any atom is -0.471 e. The first-order valence-corrected chi connectivity index (χ1v) is 5.81. The number of hydrogen-bond acceptors (Lipinski definition) is 4. The lowest BCUT2D eigenvalue weighted by atomic mass is 10.3. The van der Waals surface area contributed by atoms with E-state index in [0.29, 0.717) is 18.1 Å². The third-order valence-electron chi connectivity index (χ3n) is 2.83. The van der Waals surface area contributed by atoms with Gasteiger partial charge in [-0.1, -0.05) is 0 Å². The van der Waals surface area contributed by atoms with E-state index in [9.17, 15) is 4.79 Å². The average Bonchev–Trinajstić information content (AvgIpc) is 2.89. The molecule has 5 nitrogen and oxygen atoms in total. The van der Waals surface area contributed by atoms with Crippen molar-refractivity contribution in [1.82, 2.24) is 14.4 Å². The highest BCUT2D eigenvalue weighted by Gasteiger charge is 2.06. The molecule has 0 amide bonds. The van der Waals surface area contributed by atoms with Crippen molar-refractivity contribution >= 4 is 11.8 Å². The molecule has 0 saturated heterocycles. The molecule has 19 heavy (non-hydrogen) atoms. The maximum Gasteiger partial charge on any atom is 0.224 e. The molecule has 3 rings (SSSR count). The Labute approximate surface area is 109 Å². The largest absolute Gasteiger partial charge is 0.471 e. The summed E-state index contributed by atoms with van der Waals surface area (Å²) in [6, 6.07) is 7.30. The molecular weight excluding hydrogens is 242 g/mol. The predicted molar refractivity (Wildman–Crippen MR) is 69.1 cm³/mol. The van der Waals surface area contributed by atoms with Crippen LogP contribution in [0.25, 0.3) is 5.52 Å². The maximum atomic E-state index is 10.9. The topological polar surface area (TPSA) is 56.5 Å². The Morgan fingerprint density at radius 2 is 2.21 bits per heavy atom. The molecule has 0 unspecified atom stereocenters. The van der Waals surface area contributed by atoms with Gasteiger partial charge in [-0.25, -0.2) is 4.98 Å². The Morgan fingerprint density at radius 3 is 3.11 bits per heavy atom. The van der Waals surface area contributed by atoms with Gasteiger partial charge in [0.2, 0.25) is 5.88 Å². The maximum absolute atomic E-state index is 10.9. The molecule has 0 radical (unpaired) electrons. The second-order valence-electron chi connectivity index (χ2n) is 4.00. The number of hydrogen-bond donors (Lipinski definition) is 0. The van der Waals surface area contributed by atoms with Crippen molar-refractivity contribution in [1.29, 1.82) is 0 Å². The van der Waals surface area contributed by atoms with Crippen LogP contribution in [-0.4, -0.2) is 20.7 Å². The van der Waals surface area contributed by atoms with Crippen LogP contribution in [0.2, 0.25) is 0 Å². The van der Waals surface area contributed by atoms with E-state index in [0.717, 1.165) is 17.5 Å². The summed E-state index contributed by atoms with van der Waals surface area (Å²) in [6.07, 6.45) is 7.70. The van der Waals surface area contributed by atoms with Crippen molar-refractivity contribution in [3.63, 3.8) is 0 Å². The van der Waals surface area contributed by atoms with Crippen molar-refractivity contribution in [3.05, 3.63) is 60.3 Å². The van der Waals surface area contributed by atoms with Crippen molar-refractivity contribution < 1.29 is 9.53 Å². The van der Waals surface area contributed by atoms with Crippen LogP contribution >= 0.6 is 0 Å². The normalized spacial score (nSPS) is 10.5. The Balaban J connectivity index is 1.84. The first-order valence-electron chi connectivity index (χ1n) is 5.81. The smallest absolute Gasteiger partial charge is 0.224 e. The second-order valence-corrected chi connectivity index (χ2v) is 4.00. The van der Waals surface area contributed by atoms with E-state index in [1.54, 1.807) is 30.7 Å². The number of aromatic nitrogens is 3. The molecule has 0 saturated carbocycles. The minimum atomic E-state index is 0.343. The molecule has 0 atom stereocenters. The van der Waals surface area contributed by atoms with Gasteiger partial charge in [0, 0.05) is 18.6 Å². The van der Waals surface area contributed by atoms with Crippen molar-refractivity contribution in [2.75, 3.05) is 0 Å². The van der Waals surface area contributed by atoms with Crippen LogP contribution in [0.1, 0.15) is 16.1 Å². The molecule has 0 N–H and O–H groups in total. The highest BCUT2D eigenvalue weighted by atomic mass is 16.5. The van der Waals surface area contributed by atoms with E-state index in [1.165, 1.54) is 0 Å². The molecule has 3 aromatic rings. The zero-order valence-corrected chi connectivity index (χ0v) is 10.1. The molecule has 0 aliphatic heterocycles. The molecule has 94 valence electrons. The van der Waals surface area contributed by atoms with Gasteiger partial charge in [-0.2, -0.15) is 0 Å². The number of nitrogens with zero attached hydrogens (tertiary/aromatic N) is 3. The number of pyridine rings is 1. The van der Waals surface area contributed by atoms with Crippen LogP contribution in [0, 0.1) is 0 Å². The van der Waals surface area contributed by atoms with Crippen LogP contribution < -0.4 is 4.74 Å². The van der Waals surface area contributed by atoms with E-state index in [2.05, 4.69) is 9.97 Å². The molecule has 0 aliphatic carbocycles. The van der Waals surface area contributed by atoms with Gasteiger partial charge in [-0.15, -0.1) is 0 Å². The van der Waals surface area contributed by atoms with Crippen LogP contribution in [0.15, 0.2) is 49.1 Å². The van der Waals surface area contributed by atoms with Gasteiger partial charge in [0.25, 0.3) is 0 Å². The van der Waals surface area contributed by atoms with Gasteiger partial charge in [0.05, 0.1) is 23.0 Å². The quantitative estimate of drug-likeness (QED) is 0.668. The van der Waals surface area contributed by atoms with Crippen LogP contribution in [0.5, 0.6) is 5.88 Å². The van der Waals surface area contributed by atoms with Crippen molar-refractivity contribution in [2.24, 2.45) is 0 Å². The monoisotopic (exact) mass is 253 g/mol. The first kappa shape index (κ1) is 11.4. The molecule has 0 aromatic carbocycles. The number of carbonyl (C=O) groups is 1. The van der Waals surface area contributed by atoms with E-state index in [1.807, 2.05) is 22.7 Å². The van der Waals surface area contributed by atoms with Crippen molar-refractivity contribution in [3.8, 4) is 5.88 Å². The lowest BCUT2D eigenvalue weighted by Crippen LogP contribution is -2.02. The molecule has 5 heteroatoms. The average molecular weight is 253 g/mol. The van der Waals surface area contributed by atoms with Gasteiger partial charge < -0.3 is 9.14 Å². The zero-order valence-electron chi connectivity index (χ0n) is 10.1. The third kappa shape index (κ3) is 2.18. The number of rotatable bonds is 4. The summed E-state index contributed by atoms with van der Waals surface area (Å²) in [6.45, 7) is 0.343. The Hall–Kier alpha value is -2.69. The minimum absolute atomic E-state index is 0.343. The fourth-order valence-corrected chi connectivity index (χ4v) is 1.89. The molecule has 3 aromatic heterocycles. The van der Waals surface area contributed by atoms with E-state index < -0.39 is 0 Å². The van der Waals surface area contributed by atoms with Gasteiger partial charge in [-0.05, 0) is 24.3 Å². The third-order valence-corrected chi connectivity index (χ3v) is 2.83. The molecular formula is C14H11N3O2. The summed E-state index contributed by atoms with van der Waals surface area (Å²) in [5, 5.41) is 0. The van der Waals surface area contributed by atoms with Gasteiger partial charge in [-0.3, -0.25) is 9.78 Å². The molecule has 0 fully saturated rings. The van der Waals surface area contributed by atoms with Gasteiger partial charge in [0.1, 0.15) is 6.61 Å². The molecule has 3 heterocycles. The fraction of sp³-hybridized carbons (Fsp3) is 0.0714. The number of carbonyl (C=O) groups excluding carboxylic acids is 1. The van der Waals surface area contributed by atoms with Crippen LogP contribution in [0.4, 0.5) is 0 Å². The lowest BCUT2D eigenvalue weighted by molar-refractivity contribution is 0.111. The summed E-state index contributed by atoms with van der Waals surface area (Å²) in [7, 11) is 0. The van der Waals surface area contributed by atoms with E-state index >= 15 is 0 Å². The Bertz CT molecular complexity index is 721. The SMILES string of the molecule is O=Cc1cccnc1OCc1ccc2cnccn12. The number of ether oxygens (including phenoxy) is 1. The van der Waals surface area contributed by atoms with Crippen molar-refractivity contribution in [2.45, 2.75) is 6.61 Å². The summed E-state index contributed by atoms with van der Waals surface area (Å²) in [5.41, 5.74) is 2.42. The molecule has 0 aliphatic rings. The summed E-state index contributed by atoms with van der Waals surface area (Å²) >= 11 is 0. The number of aldehydes is 1. The second kappa shape index (κ2) is 4.89. The summed E-state index contributed by atoms with van der Waals surface area (Å²) in [5.74, 6) is 0.349. The standard InChI is InChI=1S/C14H11N3O2/c18-9-11-2-1-5-16-14(11)19-10-13-4-3-12-8-15-6-7-17(12)13/h1-9H,10H2. The highest BCUT2D eigenvalue weighted by Crippen LogP contribution is 2.15. The van der Waals surface area contributed by atoms with E-state index in [4.69, 9.17) is 4.74 Å². The first-order chi connectivity index (χ1) is 9.38. The van der Waals surface area contributed by atoms with E-state index in [-0.39, 0.29) is 0 Å². The van der Waals surface area contributed by atoms with Crippen LogP contribution in [-0.2, 0) is 6.61 Å². The number of fused-ring (bicyclic) bond motifs is 1. The Kier molecular flexibility index (Phi) is 2.94. The predicted octanol–water partition coefficient (Wildman–Crippen LogP) is 2.12. The molecule has 0 spiro atoms. The van der Waals surface area contributed by atoms with Gasteiger partial charge in [0.15, 0.2) is 6.29 Å². The molecule has 0 bridgehead atoms. The summed E-state index contributed by atoms with van der Waals surface area (Å²) in [4.78, 5) is 19.0. The zero-order chi connectivity index (χ0) is 13.1. The summed E-state index contributed by atoms with van der Waals surface area (Å²) < 4.78 is 7.58. The lowest BCUT2D eigenvalue weighted by Gasteiger charge is -2.07. The van der Waals surface area contributed by atoms with Gasteiger partial charge >= 0.3 is 0 Å².